The van der Waals surface area contributed by atoms with Crippen molar-refractivity contribution in [3.8, 4) is 0 Å². The average Bonchev–Trinajstić information content (AvgIpc) is 2.44. The molecule has 0 aromatic heterocycles. The van der Waals surface area contributed by atoms with Gasteiger partial charge < -0.3 is 11.8 Å². The van der Waals surface area contributed by atoms with E-state index in [1.54, 1.807) is 0 Å². The van der Waals surface area contributed by atoms with E-state index in [1.807, 2.05) is 30.3 Å². The molecule has 1 fully saturated rings. The second-order valence-corrected chi connectivity index (χ2v) is 3.48. The maximum atomic E-state index is 7.94. The fourth-order valence-corrected chi connectivity index (χ4v) is 1.52. The third-order valence-corrected chi connectivity index (χ3v) is 2.37. The van der Waals surface area contributed by atoms with Crippen LogP contribution in [-0.2, 0) is 19.5 Å². The molecule has 1 saturated heterocycles. The van der Waals surface area contributed by atoms with Crippen LogP contribution in [0.2, 0.25) is 0 Å². The molecule has 1 aliphatic rings. The molecule has 1 aliphatic heterocycles. The van der Waals surface area contributed by atoms with Crippen molar-refractivity contribution >= 4 is 0 Å². The molecule has 3 heteroatoms. The SMILES string of the molecule is [CH2-]CN1CCCCC1.[O]=[Co].[c-]1ccccc1. The first-order chi connectivity index (χ1) is 7.93. The predicted molar refractivity (Wildman–Crippen MR) is 61.6 cm³/mol. The minimum atomic E-state index is 1.00. The molecule has 1 aromatic carbocycles. The molecule has 93 valence electrons. The topological polar surface area (TPSA) is 20.3 Å². The van der Waals surface area contributed by atoms with Gasteiger partial charge in [0, 0.05) is 0 Å². The van der Waals surface area contributed by atoms with Crippen molar-refractivity contribution in [3.05, 3.63) is 43.3 Å². The van der Waals surface area contributed by atoms with Gasteiger partial charge in [-0.1, -0.05) is 6.42 Å². The molecule has 0 saturated carbocycles. The second kappa shape index (κ2) is 12.6. The number of benzene rings is 1. The zero-order valence-corrected chi connectivity index (χ0v) is 10.6. The van der Waals surface area contributed by atoms with Crippen molar-refractivity contribution in [1.82, 2.24) is 4.90 Å². The quantitative estimate of drug-likeness (QED) is 0.727. The third-order valence-electron chi connectivity index (χ3n) is 2.37. The molecular weight excluding hydrogens is 245 g/mol. The molecule has 1 heterocycles. The zero-order valence-electron chi connectivity index (χ0n) is 9.53. The van der Waals surface area contributed by atoms with E-state index in [0.717, 1.165) is 6.54 Å². The predicted octanol–water partition coefficient (Wildman–Crippen LogP) is 2.67. The standard InChI is InChI=1S/C7H14N.C6H5.Co.O/c1-2-8-6-4-3-5-7-8;1-2-4-6-5-3-1;;/h1-7H2;1-5H;;/q2*-1;;. The average molecular weight is 264 g/mol. The van der Waals surface area contributed by atoms with E-state index < -0.39 is 0 Å². The monoisotopic (exact) mass is 264 g/mol. The van der Waals surface area contributed by atoms with Crippen molar-refractivity contribution in [2.24, 2.45) is 0 Å². The molecule has 2 rings (SSSR count). The van der Waals surface area contributed by atoms with Crippen LogP contribution in [0.5, 0.6) is 0 Å². The van der Waals surface area contributed by atoms with Gasteiger partial charge in [0.2, 0.25) is 0 Å². The zero-order chi connectivity index (χ0) is 12.1. The van der Waals surface area contributed by atoms with Crippen LogP contribution in [0.3, 0.4) is 0 Å². The molecule has 1 aromatic rings. The van der Waals surface area contributed by atoms with Crippen molar-refractivity contribution in [1.29, 1.82) is 0 Å². The molecule has 16 heavy (non-hydrogen) atoms. The third kappa shape index (κ3) is 8.77. The Hall–Kier alpha value is -0.514. The molecule has 0 unspecified atom stereocenters. The Morgan fingerprint density at radius 3 is 1.88 bits per heavy atom. The van der Waals surface area contributed by atoms with E-state index in [9.17, 15) is 0 Å². The van der Waals surface area contributed by atoms with Crippen LogP contribution in [0.15, 0.2) is 30.3 Å². The van der Waals surface area contributed by atoms with E-state index in [4.69, 9.17) is 3.87 Å². The van der Waals surface area contributed by atoms with Crippen LogP contribution in [0.4, 0.5) is 0 Å². The summed E-state index contributed by atoms with van der Waals surface area (Å²) in [5, 5.41) is 0. The summed E-state index contributed by atoms with van der Waals surface area (Å²) in [4.78, 5) is 2.41. The van der Waals surface area contributed by atoms with E-state index in [1.165, 1.54) is 32.4 Å². The molecule has 0 atom stereocenters. The van der Waals surface area contributed by atoms with E-state index in [-0.39, 0.29) is 0 Å². The number of nitrogens with zero attached hydrogens (tertiary/aromatic N) is 1. The van der Waals surface area contributed by atoms with Gasteiger partial charge in [-0.15, -0.1) is 6.54 Å². The molecule has 2 nitrogen and oxygen atoms in total. The summed E-state index contributed by atoms with van der Waals surface area (Å²) in [6.45, 7) is 7.40. The Morgan fingerprint density at radius 1 is 1.06 bits per heavy atom. The van der Waals surface area contributed by atoms with Gasteiger partial charge in [-0.3, -0.25) is 0 Å². The van der Waals surface area contributed by atoms with Crippen molar-refractivity contribution in [2.45, 2.75) is 19.3 Å². The molecule has 0 spiro atoms. The normalized spacial score (nSPS) is 15.1. The minimum absolute atomic E-state index is 1.00. The summed E-state index contributed by atoms with van der Waals surface area (Å²) in [6.07, 6.45) is 4.20. The van der Waals surface area contributed by atoms with Crippen LogP contribution in [0.25, 0.3) is 0 Å². The number of hydrogen-bond acceptors (Lipinski definition) is 2. The number of likely N-dealkylation sites (tertiary alicyclic amines) is 1. The summed E-state index contributed by atoms with van der Waals surface area (Å²) in [5.41, 5.74) is 0. The Bertz CT molecular complexity index is 198. The first-order valence-electron chi connectivity index (χ1n) is 5.50. The number of rotatable bonds is 1. The molecule has 0 N–H and O–H groups in total. The molecule has 0 radical (unpaired) electrons. The van der Waals surface area contributed by atoms with Gasteiger partial charge in [-0.05, 0) is 25.9 Å². The van der Waals surface area contributed by atoms with Crippen LogP contribution < -0.4 is 0 Å². The smallest absolute Gasteiger partial charge is 0.171 e. The molecular formula is C13H19CoNO-2. The summed E-state index contributed by atoms with van der Waals surface area (Å²) < 4.78 is 7.94. The number of hydrogen-bond donors (Lipinski definition) is 0. The molecule has 0 aliphatic carbocycles. The summed E-state index contributed by atoms with van der Waals surface area (Å²) in [7, 11) is 0. The van der Waals surface area contributed by atoms with E-state index >= 15 is 0 Å². The van der Waals surface area contributed by atoms with Crippen molar-refractivity contribution in [2.75, 3.05) is 19.6 Å². The van der Waals surface area contributed by atoms with E-state index in [2.05, 4.69) is 33.6 Å². The van der Waals surface area contributed by atoms with Crippen LogP contribution in [-0.4, -0.2) is 24.5 Å². The fraction of sp³-hybridized carbons (Fsp3) is 0.462. The Morgan fingerprint density at radius 2 is 1.62 bits per heavy atom. The van der Waals surface area contributed by atoms with Crippen molar-refractivity contribution < 1.29 is 19.5 Å². The van der Waals surface area contributed by atoms with Gasteiger partial charge in [-0.25, -0.2) is 0 Å². The second-order valence-electron chi connectivity index (χ2n) is 3.48. The van der Waals surface area contributed by atoms with Gasteiger partial charge >= 0.3 is 19.5 Å². The first kappa shape index (κ1) is 15.5. The molecule has 0 amide bonds. The van der Waals surface area contributed by atoms with Crippen LogP contribution in [0, 0.1) is 13.0 Å². The maximum Gasteiger partial charge on any atom is -0.171 e. The summed E-state index contributed by atoms with van der Waals surface area (Å²) in [6, 6.07) is 12.5. The Balaban J connectivity index is 0.000000251. The molecule has 0 bridgehead atoms. The minimum Gasteiger partial charge on any atom is -0.184 e. The summed E-state index contributed by atoms with van der Waals surface area (Å²) >= 11 is 2.31. The largest absolute Gasteiger partial charge is 0.184 e. The Labute approximate surface area is 107 Å². The summed E-state index contributed by atoms with van der Waals surface area (Å²) in [5.74, 6) is 0. The van der Waals surface area contributed by atoms with E-state index in [0.29, 0.717) is 0 Å². The van der Waals surface area contributed by atoms with Crippen LogP contribution >= 0.6 is 0 Å². The number of piperidine rings is 1. The van der Waals surface area contributed by atoms with Crippen molar-refractivity contribution in [3.63, 3.8) is 0 Å². The van der Waals surface area contributed by atoms with Crippen LogP contribution in [0.1, 0.15) is 19.3 Å². The van der Waals surface area contributed by atoms with Gasteiger partial charge in [-0.2, -0.15) is 36.4 Å². The van der Waals surface area contributed by atoms with Gasteiger partial charge in [0.1, 0.15) is 0 Å². The van der Waals surface area contributed by atoms with Gasteiger partial charge in [0.15, 0.2) is 0 Å². The first-order valence-corrected chi connectivity index (χ1v) is 5.92. The van der Waals surface area contributed by atoms with Gasteiger partial charge in [0.25, 0.3) is 0 Å². The maximum absolute atomic E-state index is 7.94. The van der Waals surface area contributed by atoms with Gasteiger partial charge in [0.05, 0.1) is 0 Å². The Kier molecular flexibility index (Phi) is 12.2. The fourth-order valence-electron chi connectivity index (χ4n) is 1.52.